The van der Waals surface area contributed by atoms with Crippen LogP contribution in [0.15, 0.2) is 18.2 Å². The second kappa shape index (κ2) is 6.29. The normalized spacial score (nSPS) is 14.5. The molecule has 0 saturated carbocycles. The second-order valence-electron chi connectivity index (χ2n) is 4.59. The summed E-state index contributed by atoms with van der Waals surface area (Å²) in [4.78, 5) is 0.459. The van der Waals surface area contributed by atoms with Crippen molar-refractivity contribution in [3.05, 3.63) is 23.8 Å². The van der Waals surface area contributed by atoms with Gasteiger partial charge in [0, 0.05) is 4.83 Å². The first-order valence-corrected chi connectivity index (χ1v) is 6.78. The standard InChI is InChI=1S/C14H21BrO2/c1-9(2)14(15)10(3)11-6-7-12(16-4)13(8-11)17-5/h6-10,14H,1-5H3. The van der Waals surface area contributed by atoms with Crippen LogP contribution in [0.25, 0.3) is 0 Å². The zero-order valence-corrected chi connectivity index (χ0v) is 12.7. The molecule has 0 N–H and O–H groups in total. The maximum atomic E-state index is 5.33. The molecule has 96 valence electrons. The van der Waals surface area contributed by atoms with Gasteiger partial charge in [0.25, 0.3) is 0 Å². The molecule has 0 aromatic heterocycles. The van der Waals surface area contributed by atoms with Crippen LogP contribution in [0.3, 0.4) is 0 Å². The molecule has 0 amide bonds. The summed E-state index contributed by atoms with van der Waals surface area (Å²) < 4.78 is 10.6. The quantitative estimate of drug-likeness (QED) is 0.758. The van der Waals surface area contributed by atoms with Crippen LogP contribution < -0.4 is 9.47 Å². The van der Waals surface area contributed by atoms with Crippen LogP contribution in [0.1, 0.15) is 32.3 Å². The van der Waals surface area contributed by atoms with Crippen molar-refractivity contribution in [2.75, 3.05) is 14.2 Å². The molecule has 2 unspecified atom stereocenters. The lowest BCUT2D eigenvalue weighted by Crippen LogP contribution is -2.15. The van der Waals surface area contributed by atoms with Crippen molar-refractivity contribution in [3.63, 3.8) is 0 Å². The third-order valence-electron chi connectivity index (χ3n) is 3.05. The van der Waals surface area contributed by atoms with Gasteiger partial charge in [-0.3, -0.25) is 0 Å². The van der Waals surface area contributed by atoms with Crippen LogP contribution in [0.2, 0.25) is 0 Å². The maximum Gasteiger partial charge on any atom is 0.160 e. The van der Waals surface area contributed by atoms with Crippen molar-refractivity contribution < 1.29 is 9.47 Å². The van der Waals surface area contributed by atoms with E-state index in [1.54, 1.807) is 14.2 Å². The Morgan fingerprint density at radius 1 is 1.00 bits per heavy atom. The Morgan fingerprint density at radius 3 is 2.06 bits per heavy atom. The van der Waals surface area contributed by atoms with Gasteiger partial charge in [0.1, 0.15) is 0 Å². The highest BCUT2D eigenvalue weighted by Crippen LogP contribution is 2.35. The zero-order valence-electron chi connectivity index (χ0n) is 11.2. The van der Waals surface area contributed by atoms with Gasteiger partial charge in [0.15, 0.2) is 11.5 Å². The Bertz CT molecular complexity index is 363. The van der Waals surface area contributed by atoms with E-state index < -0.39 is 0 Å². The SMILES string of the molecule is COc1ccc(C(C)C(Br)C(C)C)cc1OC. The summed E-state index contributed by atoms with van der Waals surface area (Å²) in [5.74, 6) is 2.60. The fourth-order valence-corrected chi connectivity index (χ4v) is 2.20. The van der Waals surface area contributed by atoms with Gasteiger partial charge < -0.3 is 9.47 Å². The fourth-order valence-electron chi connectivity index (χ4n) is 1.90. The van der Waals surface area contributed by atoms with E-state index >= 15 is 0 Å². The lowest BCUT2D eigenvalue weighted by molar-refractivity contribution is 0.354. The highest BCUT2D eigenvalue weighted by atomic mass is 79.9. The van der Waals surface area contributed by atoms with Crippen molar-refractivity contribution in [3.8, 4) is 11.5 Å². The predicted octanol–water partition coefficient (Wildman–Crippen LogP) is 4.23. The van der Waals surface area contributed by atoms with Crippen LogP contribution in [0, 0.1) is 5.92 Å². The van der Waals surface area contributed by atoms with Gasteiger partial charge in [-0.25, -0.2) is 0 Å². The molecule has 17 heavy (non-hydrogen) atoms. The van der Waals surface area contributed by atoms with Gasteiger partial charge in [-0.05, 0) is 29.5 Å². The average molecular weight is 301 g/mol. The number of benzene rings is 1. The minimum atomic E-state index is 0.440. The molecule has 0 fully saturated rings. The molecule has 2 nitrogen and oxygen atoms in total. The summed E-state index contributed by atoms with van der Waals surface area (Å²) in [5, 5.41) is 0. The van der Waals surface area contributed by atoms with Crippen molar-refractivity contribution in [2.45, 2.75) is 31.5 Å². The summed E-state index contributed by atoms with van der Waals surface area (Å²) in [6, 6.07) is 6.12. The molecule has 0 aliphatic carbocycles. The van der Waals surface area contributed by atoms with E-state index in [1.165, 1.54) is 5.56 Å². The van der Waals surface area contributed by atoms with E-state index in [9.17, 15) is 0 Å². The Kier molecular flexibility index (Phi) is 5.31. The van der Waals surface area contributed by atoms with Gasteiger partial charge in [-0.1, -0.05) is 42.8 Å². The van der Waals surface area contributed by atoms with E-state index in [4.69, 9.17) is 9.47 Å². The van der Waals surface area contributed by atoms with E-state index in [2.05, 4.69) is 48.8 Å². The minimum absolute atomic E-state index is 0.440. The van der Waals surface area contributed by atoms with Crippen LogP contribution in [-0.4, -0.2) is 19.0 Å². The molecule has 2 atom stereocenters. The van der Waals surface area contributed by atoms with Gasteiger partial charge in [0.2, 0.25) is 0 Å². The largest absolute Gasteiger partial charge is 0.493 e. The first kappa shape index (κ1) is 14.4. The molecule has 0 aliphatic heterocycles. The summed E-state index contributed by atoms with van der Waals surface area (Å²) in [5.41, 5.74) is 1.26. The number of rotatable bonds is 5. The van der Waals surface area contributed by atoms with Gasteiger partial charge in [-0.15, -0.1) is 0 Å². The highest BCUT2D eigenvalue weighted by Gasteiger charge is 2.20. The van der Waals surface area contributed by atoms with Crippen LogP contribution in [0.4, 0.5) is 0 Å². The Balaban J connectivity index is 2.99. The number of halogens is 1. The molecular weight excluding hydrogens is 280 g/mol. The molecule has 0 radical (unpaired) electrons. The van der Waals surface area contributed by atoms with E-state index in [1.807, 2.05) is 6.07 Å². The Morgan fingerprint density at radius 2 is 1.59 bits per heavy atom. The number of alkyl halides is 1. The molecule has 0 aliphatic rings. The smallest absolute Gasteiger partial charge is 0.160 e. The molecule has 0 heterocycles. The third kappa shape index (κ3) is 3.38. The van der Waals surface area contributed by atoms with Crippen LogP contribution >= 0.6 is 15.9 Å². The zero-order chi connectivity index (χ0) is 13.0. The molecule has 0 spiro atoms. The molecule has 1 aromatic rings. The van der Waals surface area contributed by atoms with E-state index in [0.29, 0.717) is 16.7 Å². The Labute approximate surface area is 112 Å². The van der Waals surface area contributed by atoms with E-state index in [-0.39, 0.29) is 0 Å². The number of ether oxygens (including phenoxy) is 2. The number of hydrogen-bond acceptors (Lipinski definition) is 2. The average Bonchev–Trinajstić information content (AvgIpc) is 2.35. The summed E-state index contributed by atoms with van der Waals surface area (Å²) >= 11 is 3.75. The number of hydrogen-bond donors (Lipinski definition) is 0. The van der Waals surface area contributed by atoms with Crippen molar-refractivity contribution in [2.24, 2.45) is 5.92 Å². The Hall–Kier alpha value is -0.700. The molecule has 3 heteroatoms. The monoisotopic (exact) mass is 300 g/mol. The molecule has 1 rings (SSSR count). The molecule has 1 aromatic carbocycles. The van der Waals surface area contributed by atoms with Crippen molar-refractivity contribution >= 4 is 15.9 Å². The van der Waals surface area contributed by atoms with Crippen molar-refractivity contribution in [1.29, 1.82) is 0 Å². The first-order valence-electron chi connectivity index (χ1n) is 5.87. The lowest BCUT2D eigenvalue weighted by Gasteiger charge is -2.23. The van der Waals surface area contributed by atoms with E-state index in [0.717, 1.165) is 11.5 Å². The predicted molar refractivity (Wildman–Crippen MR) is 75.5 cm³/mol. The minimum Gasteiger partial charge on any atom is -0.493 e. The maximum absolute atomic E-state index is 5.33. The summed E-state index contributed by atoms with van der Waals surface area (Å²) in [7, 11) is 3.32. The molecule has 0 bridgehead atoms. The van der Waals surface area contributed by atoms with Gasteiger partial charge in [0.05, 0.1) is 14.2 Å². The molecular formula is C14H21BrO2. The number of methoxy groups -OCH3 is 2. The van der Waals surface area contributed by atoms with Gasteiger partial charge >= 0.3 is 0 Å². The second-order valence-corrected chi connectivity index (χ2v) is 5.65. The topological polar surface area (TPSA) is 18.5 Å². The van der Waals surface area contributed by atoms with Crippen LogP contribution in [-0.2, 0) is 0 Å². The highest BCUT2D eigenvalue weighted by molar-refractivity contribution is 9.09. The first-order chi connectivity index (χ1) is 8.01. The fraction of sp³-hybridized carbons (Fsp3) is 0.571. The lowest BCUT2D eigenvalue weighted by atomic mass is 9.91. The molecule has 0 saturated heterocycles. The summed E-state index contributed by atoms with van der Waals surface area (Å²) in [6.45, 7) is 6.66. The summed E-state index contributed by atoms with van der Waals surface area (Å²) in [6.07, 6.45) is 0. The van der Waals surface area contributed by atoms with Crippen molar-refractivity contribution in [1.82, 2.24) is 0 Å². The third-order valence-corrected chi connectivity index (χ3v) is 4.90. The van der Waals surface area contributed by atoms with Crippen LogP contribution in [0.5, 0.6) is 11.5 Å². The van der Waals surface area contributed by atoms with Gasteiger partial charge in [-0.2, -0.15) is 0 Å².